The van der Waals surface area contributed by atoms with Crippen molar-refractivity contribution < 1.29 is 10.2 Å². The van der Waals surface area contributed by atoms with E-state index >= 15 is 0 Å². The normalized spacial score (nSPS) is 54.5. The number of allylic oxidation sites excluding steroid dienone is 1. The number of nitrogens with one attached hydrogen (secondary N) is 1. The van der Waals surface area contributed by atoms with Crippen molar-refractivity contribution in [3.8, 4) is 0 Å². The van der Waals surface area contributed by atoms with Gasteiger partial charge in [0.25, 0.3) is 0 Å². The van der Waals surface area contributed by atoms with Crippen molar-refractivity contribution in [3.63, 3.8) is 0 Å². The number of rotatable bonds is 2. The van der Waals surface area contributed by atoms with Crippen LogP contribution in [0.25, 0.3) is 0 Å². The van der Waals surface area contributed by atoms with Crippen LogP contribution in [0.5, 0.6) is 0 Å². The first-order valence-corrected chi connectivity index (χ1v) is 13.0. The molecule has 0 aromatic carbocycles. The molecule has 5 aliphatic rings. The molecule has 1 saturated heterocycles. The van der Waals surface area contributed by atoms with E-state index in [4.69, 9.17) is 0 Å². The molecular formula is C27H45NO2. The fourth-order valence-corrected chi connectivity index (χ4v) is 9.36. The van der Waals surface area contributed by atoms with Crippen LogP contribution in [0.15, 0.2) is 11.6 Å². The summed E-state index contributed by atoms with van der Waals surface area (Å²) in [5.74, 6) is 3.90. The van der Waals surface area contributed by atoms with Crippen molar-refractivity contribution in [2.45, 2.75) is 104 Å². The molecule has 170 valence electrons. The van der Waals surface area contributed by atoms with Gasteiger partial charge in [0, 0.05) is 6.04 Å². The number of hydrogen-bond donors (Lipinski definition) is 3. The summed E-state index contributed by atoms with van der Waals surface area (Å²) in [4.78, 5) is 0. The summed E-state index contributed by atoms with van der Waals surface area (Å²) >= 11 is 0. The van der Waals surface area contributed by atoms with Crippen molar-refractivity contribution in [1.29, 1.82) is 0 Å². The van der Waals surface area contributed by atoms with Gasteiger partial charge in [-0.05, 0) is 111 Å². The van der Waals surface area contributed by atoms with Gasteiger partial charge in [-0.25, -0.2) is 0 Å². The van der Waals surface area contributed by atoms with E-state index in [-0.39, 0.29) is 17.6 Å². The lowest BCUT2D eigenvalue weighted by Crippen LogP contribution is -2.53. The summed E-state index contributed by atoms with van der Waals surface area (Å²) in [5, 5.41) is 25.5. The van der Waals surface area contributed by atoms with Crippen molar-refractivity contribution >= 4 is 0 Å². The molecule has 4 fully saturated rings. The molecule has 0 aromatic rings. The Morgan fingerprint density at radius 2 is 1.87 bits per heavy atom. The minimum Gasteiger partial charge on any atom is -0.393 e. The minimum absolute atomic E-state index is 0.126. The van der Waals surface area contributed by atoms with Gasteiger partial charge in [-0.3, -0.25) is 0 Å². The van der Waals surface area contributed by atoms with Crippen LogP contribution in [0.4, 0.5) is 0 Å². The maximum absolute atomic E-state index is 11.4. The van der Waals surface area contributed by atoms with Gasteiger partial charge in [-0.2, -0.15) is 0 Å². The van der Waals surface area contributed by atoms with Gasteiger partial charge in [0.1, 0.15) is 0 Å². The van der Waals surface area contributed by atoms with Gasteiger partial charge < -0.3 is 15.5 Å². The van der Waals surface area contributed by atoms with Crippen molar-refractivity contribution in [3.05, 3.63) is 11.6 Å². The van der Waals surface area contributed by atoms with Gasteiger partial charge in [0.2, 0.25) is 0 Å². The van der Waals surface area contributed by atoms with Gasteiger partial charge in [0.05, 0.1) is 12.2 Å². The van der Waals surface area contributed by atoms with E-state index in [0.717, 1.165) is 50.0 Å². The maximum Gasteiger partial charge on any atom is 0.0579 e. The molecule has 0 aromatic heterocycles. The Hall–Kier alpha value is -0.380. The van der Waals surface area contributed by atoms with E-state index < -0.39 is 0 Å². The molecule has 0 unspecified atom stereocenters. The predicted molar refractivity (Wildman–Crippen MR) is 122 cm³/mol. The third kappa shape index (κ3) is 3.17. The molecule has 4 aliphatic carbocycles. The van der Waals surface area contributed by atoms with Crippen LogP contribution >= 0.6 is 0 Å². The first-order valence-electron chi connectivity index (χ1n) is 13.0. The SMILES string of the molecule is C[C@@H]1CC[C@@H]([C@@H](C)[C@H]2[C@H](O)C[C@H]3[C@@H]4CC=C5C[C@@H](O)CC[C@]5(C)[C@H]4CC[C@]23C)NC1. The third-order valence-corrected chi connectivity index (χ3v) is 11.1. The highest BCUT2D eigenvalue weighted by Crippen LogP contribution is 2.67. The minimum atomic E-state index is -0.138. The van der Waals surface area contributed by atoms with E-state index in [0.29, 0.717) is 29.2 Å². The Kier molecular flexibility index (Phi) is 5.43. The smallest absolute Gasteiger partial charge is 0.0579 e. The maximum atomic E-state index is 11.4. The predicted octanol–water partition coefficient (Wildman–Crippen LogP) is 4.92. The molecule has 3 saturated carbocycles. The Bertz CT molecular complexity index is 682. The number of fused-ring (bicyclic) bond motifs is 5. The fourth-order valence-electron chi connectivity index (χ4n) is 9.36. The van der Waals surface area contributed by atoms with Crippen molar-refractivity contribution in [2.24, 2.45) is 46.3 Å². The fraction of sp³-hybridized carbons (Fsp3) is 0.926. The summed E-state index contributed by atoms with van der Waals surface area (Å²) in [7, 11) is 0. The molecule has 5 rings (SSSR count). The zero-order valence-electron chi connectivity index (χ0n) is 19.7. The molecule has 0 spiro atoms. The van der Waals surface area contributed by atoms with Crippen LogP contribution in [0.2, 0.25) is 0 Å². The Labute approximate surface area is 184 Å². The largest absolute Gasteiger partial charge is 0.393 e. The third-order valence-electron chi connectivity index (χ3n) is 11.1. The zero-order chi connectivity index (χ0) is 21.3. The summed E-state index contributed by atoms with van der Waals surface area (Å²) in [5.41, 5.74) is 2.12. The topological polar surface area (TPSA) is 52.5 Å². The second-order valence-electron chi connectivity index (χ2n) is 12.6. The molecule has 0 amide bonds. The first-order chi connectivity index (χ1) is 14.2. The molecule has 3 nitrogen and oxygen atoms in total. The Morgan fingerprint density at radius 3 is 2.60 bits per heavy atom. The molecule has 1 aliphatic heterocycles. The second kappa shape index (κ2) is 7.59. The highest BCUT2D eigenvalue weighted by atomic mass is 16.3. The summed E-state index contributed by atoms with van der Waals surface area (Å²) in [6, 6.07) is 0.573. The van der Waals surface area contributed by atoms with E-state index in [1.807, 2.05) is 0 Å². The summed E-state index contributed by atoms with van der Waals surface area (Å²) in [6.07, 6.45) is 12.6. The summed E-state index contributed by atoms with van der Waals surface area (Å²) in [6.45, 7) is 11.0. The van der Waals surface area contributed by atoms with Crippen LogP contribution in [0.1, 0.15) is 85.5 Å². The van der Waals surface area contributed by atoms with Crippen molar-refractivity contribution in [1.82, 2.24) is 5.32 Å². The van der Waals surface area contributed by atoms with E-state index in [2.05, 4.69) is 39.1 Å². The molecule has 30 heavy (non-hydrogen) atoms. The molecule has 0 radical (unpaired) electrons. The highest BCUT2D eigenvalue weighted by Gasteiger charge is 2.62. The van der Waals surface area contributed by atoms with Crippen LogP contribution in [-0.2, 0) is 0 Å². The number of aliphatic hydroxyl groups is 2. The van der Waals surface area contributed by atoms with E-state index in [1.165, 1.54) is 32.1 Å². The first kappa shape index (κ1) is 21.5. The number of piperidine rings is 1. The molecule has 0 bridgehead atoms. The van der Waals surface area contributed by atoms with Crippen LogP contribution < -0.4 is 5.32 Å². The van der Waals surface area contributed by atoms with Gasteiger partial charge in [-0.15, -0.1) is 0 Å². The monoisotopic (exact) mass is 415 g/mol. The lowest BCUT2D eigenvalue weighted by atomic mass is 9.47. The molecule has 11 atom stereocenters. The molecular weight excluding hydrogens is 370 g/mol. The van der Waals surface area contributed by atoms with Crippen molar-refractivity contribution in [2.75, 3.05) is 6.54 Å². The number of aliphatic hydroxyl groups excluding tert-OH is 2. The van der Waals surface area contributed by atoms with E-state index in [1.54, 1.807) is 5.57 Å². The molecule has 3 N–H and O–H groups in total. The average molecular weight is 416 g/mol. The second-order valence-corrected chi connectivity index (χ2v) is 12.6. The van der Waals surface area contributed by atoms with Gasteiger partial charge in [0.15, 0.2) is 0 Å². The van der Waals surface area contributed by atoms with Crippen LogP contribution in [0.3, 0.4) is 0 Å². The summed E-state index contributed by atoms with van der Waals surface area (Å²) < 4.78 is 0. The van der Waals surface area contributed by atoms with Crippen LogP contribution in [-0.4, -0.2) is 35.0 Å². The molecule has 3 heteroatoms. The standard InChI is InChI=1S/C27H45NO2/c1-16-5-8-23(28-15-16)17(2)25-24(30)14-22-20-7-6-18-13-19(29)9-11-26(18,3)21(20)10-12-27(22,25)4/h6,16-17,19-25,28-30H,5,7-15H2,1-4H3/t16-,17-,19+,20-,21+,22+,23+,24-,25+,26+,27+/m1/s1. The Balaban J connectivity index is 1.39. The zero-order valence-corrected chi connectivity index (χ0v) is 19.7. The van der Waals surface area contributed by atoms with Gasteiger partial charge in [-0.1, -0.05) is 39.3 Å². The van der Waals surface area contributed by atoms with Gasteiger partial charge >= 0.3 is 0 Å². The lowest BCUT2D eigenvalue weighted by molar-refractivity contribution is -0.0655. The molecule has 1 heterocycles. The Morgan fingerprint density at radius 1 is 1.07 bits per heavy atom. The lowest BCUT2D eigenvalue weighted by Gasteiger charge is -2.58. The average Bonchev–Trinajstić information content (AvgIpc) is 2.98. The highest BCUT2D eigenvalue weighted by molar-refractivity contribution is 5.25. The number of hydrogen-bond acceptors (Lipinski definition) is 3. The van der Waals surface area contributed by atoms with Crippen LogP contribution in [0, 0.1) is 46.3 Å². The van der Waals surface area contributed by atoms with E-state index in [9.17, 15) is 10.2 Å². The quantitative estimate of drug-likeness (QED) is 0.561.